The fraction of sp³-hybridized carbons (Fsp3) is 0.415. The Morgan fingerprint density at radius 2 is 1.82 bits per heavy atom. The third kappa shape index (κ3) is 10.1. The molecule has 0 aliphatic heterocycles. The lowest BCUT2D eigenvalue weighted by molar-refractivity contribution is -0.156. The zero-order valence-electron chi connectivity index (χ0n) is 30.1. The third-order valence-corrected chi connectivity index (χ3v) is 8.77. The average Bonchev–Trinajstić information content (AvgIpc) is 3.35. The normalized spacial score (nSPS) is 14.1. The quantitative estimate of drug-likeness (QED) is 0.112. The molecular formula is C41H49N5O4. The molecule has 0 radical (unpaired) electrons. The highest BCUT2D eigenvalue weighted by molar-refractivity contribution is 6.08. The second-order valence-electron chi connectivity index (χ2n) is 14.1. The van der Waals surface area contributed by atoms with Gasteiger partial charge in [0.05, 0.1) is 17.8 Å². The molecule has 5 aromatic rings. The van der Waals surface area contributed by atoms with Crippen molar-refractivity contribution in [2.24, 2.45) is 13.0 Å². The van der Waals surface area contributed by atoms with Gasteiger partial charge < -0.3 is 24.5 Å². The number of carbonyl (C=O) groups excluding carboxylic acids is 1. The number of rotatable bonds is 10. The minimum absolute atomic E-state index is 0.0551. The molecule has 2 atom stereocenters. The van der Waals surface area contributed by atoms with Crippen molar-refractivity contribution in [1.82, 2.24) is 19.5 Å². The Labute approximate surface area is 295 Å². The molecule has 9 nitrogen and oxygen atoms in total. The average molecular weight is 676 g/mol. The van der Waals surface area contributed by atoms with E-state index in [1.165, 1.54) is 52.8 Å². The van der Waals surface area contributed by atoms with E-state index in [0.717, 1.165) is 24.2 Å². The van der Waals surface area contributed by atoms with Crippen LogP contribution >= 0.6 is 0 Å². The highest BCUT2D eigenvalue weighted by Crippen LogP contribution is 2.31. The van der Waals surface area contributed by atoms with E-state index in [2.05, 4.69) is 87.0 Å². The summed E-state index contributed by atoms with van der Waals surface area (Å²) in [5.74, 6) is 6.92. The number of pyridine rings is 3. The number of aromatic hydroxyl groups is 1. The van der Waals surface area contributed by atoms with Crippen LogP contribution in [0.2, 0.25) is 0 Å². The van der Waals surface area contributed by atoms with Gasteiger partial charge in [-0.1, -0.05) is 31.9 Å². The molecule has 262 valence electrons. The molecule has 0 amide bonds. The topological polar surface area (TPSA) is 111 Å². The maximum absolute atomic E-state index is 11.9. The molecule has 1 aliphatic rings. The van der Waals surface area contributed by atoms with Crippen LogP contribution in [0.3, 0.4) is 0 Å². The summed E-state index contributed by atoms with van der Waals surface area (Å²) in [5, 5.41) is 15.1. The zero-order valence-corrected chi connectivity index (χ0v) is 30.1. The number of esters is 1. The van der Waals surface area contributed by atoms with Crippen molar-refractivity contribution < 1.29 is 19.4 Å². The maximum Gasteiger partial charge on any atom is 0.306 e. The molecule has 0 bridgehead atoms. The Morgan fingerprint density at radius 3 is 2.48 bits per heavy atom. The molecule has 2 N–H and O–H groups in total. The lowest BCUT2D eigenvalue weighted by Crippen LogP contribution is -2.27. The smallest absolute Gasteiger partial charge is 0.306 e. The molecule has 2 unspecified atom stereocenters. The van der Waals surface area contributed by atoms with Crippen molar-refractivity contribution in [2.75, 3.05) is 11.9 Å². The van der Waals surface area contributed by atoms with E-state index < -0.39 is 5.60 Å². The van der Waals surface area contributed by atoms with Gasteiger partial charge in [0.25, 0.3) is 0 Å². The molecule has 50 heavy (non-hydrogen) atoms. The maximum atomic E-state index is 11.9. The van der Waals surface area contributed by atoms with Gasteiger partial charge in [0.2, 0.25) is 0 Å². The third-order valence-electron chi connectivity index (χ3n) is 8.77. The highest BCUT2D eigenvalue weighted by Gasteiger charge is 2.21. The van der Waals surface area contributed by atoms with E-state index in [4.69, 9.17) is 9.47 Å². The van der Waals surface area contributed by atoms with Crippen LogP contribution < -0.4 is 5.32 Å². The van der Waals surface area contributed by atoms with Gasteiger partial charge in [0, 0.05) is 60.0 Å². The SMILES string of the molecule is CCC(CC(C)CC(=O)OC(C)(C)C)OCC#Cc1ccc(O)cn1.Cn1c2ccncc2c2ccc(-c3ccc(NC4CCC4)nc3)cc21. The summed E-state index contributed by atoms with van der Waals surface area (Å²) in [6, 6.07) is 16.7. The number of fused-ring (bicyclic) bond motifs is 3. The van der Waals surface area contributed by atoms with Crippen LogP contribution in [0.1, 0.15) is 78.8 Å². The number of aryl methyl sites for hydroxylation is 1. The van der Waals surface area contributed by atoms with Crippen molar-refractivity contribution in [3.8, 4) is 28.7 Å². The van der Waals surface area contributed by atoms with Crippen LogP contribution in [0, 0.1) is 17.8 Å². The van der Waals surface area contributed by atoms with E-state index in [0.29, 0.717) is 24.8 Å². The number of hydrogen-bond donors (Lipinski definition) is 2. The largest absolute Gasteiger partial charge is 0.506 e. The van der Waals surface area contributed by atoms with Gasteiger partial charge in [0.15, 0.2) is 0 Å². The molecule has 4 heterocycles. The number of anilines is 1. The highest BCUT2D eigenvalue weighted by atomic mass is 16.6. The summed E-state index contributed by atoms with van der Waals surface area (Å²) < 4.78 is 13.4. The standard InChI is InChI=1S/C21H20N4.C20H29NO4/c1-25-19-9-10-22-13-18(19)17-7-5-14(11-20(17)25)15-6-8-21(23-12-15)24-16-3-2-4-16;1-6-18(12-15(2)13-19(23)25-20(3,4)5)24-11-7-8-16-9-10-17(22)14-21-16/h5-13,16H,2-4H2,1H3,(H,23,24);9-10,14-15,18,22H,6,11-13H2,1-5H3. The summed E-state index contributed by atoms with van der Waals surface area (Å²) in [4.78, 5) is 24.7. The molecular weight excluding hydrogens is 626 g/mol. The molecule has 6 rings (SSSR count). The molecule has 1 aromatic carbocycles. The summed E-state index contributed by atoms with van der Waals surface area (Å²) in [6.07, 6.45) is 13.1. The van der Waals surface area contributed by atoms with Gasteiger partial charge in [-0.15, -0.1) is 0 Å². The molecule has 0 spiro atoms. The predicted molar refractivity (Wildman–Crippen MR) is 200 cm³/mol. The minimum atomic E-state index is -0.449. The summed E-state index contributed by atoms with van der Waals surface area (Å²) in [5.41, 5.74) is 4.90. The number of hydrogen-bond acceptors (Lipinski definition) is 8. The summed E-state index contributed by atoms with van der Waals surface area (Å²) >= 11 is 0. The van der Waals surface area contributed by atoms with Gasteiger partial charge in [-0.05, 0) is 107 Å². The van der Waals surface area contributed by atoms with E-state index in [1.54, 1.807) is 12.1 Å². The van der Waals surface area contributed by atoms with Crippen molar-refractivity contribution in [3.05, 3.63) is 79.0 Å². The van der Waals surface area contributed by atoms with Crippen LogP contribution in [-0.4, -0.2) is 54.9 Å². The summed E-state index contributed by atoms with van der Waals surface area (Å²) in [7, 11) is 2.11. The van der Waals surface area contributed by atoms with Gasteiger partial charge in [0.1, 0.15) is 29.5 Å². The Balaban J connectivity index is 0.000000194. The number of benzene rings is 1. The lowest BCUT2D eigenvalue weighted by atomic mass is 9.93. The Bertz CT molecular complexity index is 1930. The van der Waals surface area contributed by atoms with Gasteiger partial charge in [-0.3, -0.25) is 9.78 Å². The van der Waals surface area contributed by atoms with Gasteiger partial charge >= 0.3 is 5.97 Å². The molecule has 1 saturated carbocycles. The zero-order chi connectivity index (χ0) is 35.7. The number of ether oxygens (including phenoxy) is 2. The molecule has 1 aliphatic carbocycles. The fourth-order valence-corrected chi connectivity index (χ4v) is 5.94. The van der Waals surface area contributed by atoms with Gasteiger partial charge in [-0.2, -0.15) is 0 Å². The Morgan fingerprint density at radius 1 is 1.02 bits per heavy atom. The van der Waals surface area contributed by atoms with Gasteiger partial charge in [-0.25, -0.2) is 9.97 Å². The number of aromatic nitrogens is 4. The molecule has 9 heteroatoms. The van der Waals surface area contributed by atoms with Crippen molar-refractivity contribution in [3.63, 3.8) is 0 Å². The van der Waals surface area contributed by atoms with Crippen LogP contribution in [0.15, 0.2) is 73.3 Å². The first kappa shape index (κ1) is 36.3. The first-order valence-electron chi connectivity index (χ1n) is 17.5. The van der Waals surface area contributed by atoms with Crippen molar-refractivity contribution in [2.45, 2.75) is 90.9 Å². The lowest BCUT2D eigenvalue weighted by Gasteiger charge is -2.26. The van der Waals surface area contributed by atoms with E-state index in [-0.39, 0.29) is 23.7 Å². The van der Waals surface area contributed by atoms with E-state index in [9.17, 15) is 9.90 Å². The second kappa shape index (κ2) is 16.6. The van der Waals surface area contributed by atoms with Crippen molar-refractivity contribution >= 4 is 33.6 Å². The van der Waals surface area contributed by atoms with Crippen LogP contribution in [0.4, 0.5) is 5.82 Å². The monoisotopic (exact) mass is 675 g/mol. The molecule has 4 aromatic heterocycles. The number of nitrogens with one attached hydrogen (secondary N) is 1. The summed E-state index contributed by atoms with van der Waals surface area (Å²) in [6.45, 7) is 10.0. The molecule has 1 fully saturated rings. The van der Waals surface area contributed by atoms with Crippen molar-refractivity contribution in [1.29, 1.82) is 0 Å². The minimum Gasteiger partial charge on any atom is -0.506 e. The number of nitrogens with zero attached hydrogens (tertiary/aromatic N) is 4. The van der Waals surface area contributed by atoms with Crippen LogP contribution in [0.5, 0.6) is 5.75 Å². The number of carbonyl (C=O) groups is 1. The fourth-order valence-electron chi connectivity index (χ4n) is 5.94. The van der Waals surface area contributed by atoms with Crippen LogP contribution in [0.25, 0.3) is 32.9 Å². The first-order chi connectivity index (χ1) is 24.0. The predicted octanol–water partition coefficient (Wildman–Crippen LogP) is 8.44. The van der Waals surface area contributed by atoms with E-state index in [1.807, 2.05) is 46.3 Å². The Hall–Kier alpha value is -4.94. The second-order valence-corrected chi connectivity index (χ2v) is 14.1. The first-order valence-corrected chi connectivity index (χ1v) is 17.5. The Kier molecular flexibility index (Phi) is 12.1. The van der Waals surface area contributed by atoms with Crippen LogP contribution in [-0.2, 0) is 21.3 Å². The molecule has 0 saturated heterocycles. The van der Waals surface area contributed by atoms with E-state index >= 15 is 0 Å².